The van der Waals surface area contributed by atoms with Crippen LogP contribution in [0.5, 0.6) is 11.6 Å². The lowest BCUT2D eigenvalue weighted by Gasteiger charge is -2.10. The summed E-state index contributed by atoms with van der Waals surface area (Å²) in [7, 11) is 0. The molecule has 0 radical (unpaired) electrons. The van der Waals surface area contributed by atoms with Crippen molar-refractivity contribution in [3.8, 4) is 22.9 Å². The Labute approximate surface area is 140 Å². The Morgan fingerprint density at radius 2 is 1.67 bits per heavy atom. The summed E-state index contributed by atoms with van der Waals surface area (Å²) < 4.78 is 43.6. The van der Waals surface area contributed by atoms with E-state index in [1.165, 1.54) is 18.5 Å². The van der Waals surface area contributed by atoms with Gasteiger partial charge in [-0.3, -0.25) is 0 Å². The minimum absolute atomic E-state index is 0.0468. The molecule has 7 heteroatoms. The van der Waals surface area contributed by atoms with Gasteiger partial charge >= 0.3 is 6.18 Å². The molecule has 0 unspecified atom stereocenters. The second kappa shape index (κ2) is 6.49. The zero-order valence-electron chi connectivity index (χ0n) is 12.1. The van der Waals surface area contributed by atoms with Crippen molar-refractivity contribution in [2.24, 2.45) is 0 Å². The first-order valence-electron chi connectivity index (χ1n) is 6.85. The molecule has 0 aliphatic carbocycles. The number of nitrogens with zero attached hydrogens (tertiary/aromatic N) is 2. The van der Waals surface area contributed by atoms with Crippen molar-refractivity contribution < 1.29 is 17.9 Å². The molecule has 0 bridgehead atoms. The van der Waals surface area contributed by atoms with E-state index in [9.17, 15) is 13.2 Å². The van der Waals surface area contributed by atoms with Crippen LogP contribution in [0, 0.1) is 0 Å². The first-order valence-corrected chi connectivity index (χ1v) is 7.23. The van der Waals surface area contributed by atoms with Crippen LogP contribution in [0.4, 0.5) is 13.2 Å². The molecule has 1 heterocycles. The highest BCUT2D eigenvalue weighted by atomic mass is 35.5. The highest BCUT2D eigenvalue weighted by molar-refractivity contribution is 6.30. The number of alkyl halides is 3. The third kappa shape index (κ3) is 3.83. The summed E-state index contributed by atoms with van der Waals surface area (Å²) in [5.41, 5.74) is 0.575. The maximum absolute atomic E-state index is 12.7. The summed E-state index contributed by atoms with van der Waals surface area (Å²) in [5.74, 6) is 0.194. The number of benzene rings is 2. The quantitative estimate of drug-likeness (QED) is 0.616. The van der Waals surface area contributed by atoms with Crippen molar-refractivity contribution in [2.75, 3.05) is 0 Å². The normalized spacial score (nSPS) is 11.3. The maximum atomic E-state index is 12.7. The van der Waals surface area contributed by atoms with Crippen LogP contribution in [0.1, 0.15) is 5.56 Å². The van der Waals surface area contributed by atoms with E-state index in [4.69, 9.17) is 16.3 Å². The molecule has 24 heavy (non-hydrogen) atoms. The second-order valence-electron chi connectivity index (χ2n) is 4.88. The molecule has 0 saturated carbocycles. The highest BCUT2D eigenvalue weighted by Crippen LogP contribution is 2.32. The van der Waals surface area contributed by atoms with Gasteiger partial charge in [0, 0.05) is 16.7 Å². The van der Waals surface area contributed by atoms with E-state index in [1.807, 2.05) is 0 Å². The molecule has 3 rings (SSSR count). The van der Waals surface area contributed by atoms with Crippen LogP contribution in [-0.2, 0) is 6.18 Å². The summed E-state index contributed by atoms with van der Waals surface area (Å²) in [6.07, 6.45) is -3.15. The molecule has 2 aromatic carbocycles. The minimum atomic E-state index is -4.43. The predicted octanol–water partition coefficient (Wildman–Crippen LogP) is 5.61. The van der Waals surface area contributed by atoms with Crippen molar-refractivity contribution in [3.05, 3.63) is 71.5 Å². The fourth-order valence-corrected chi connectivity index (χ4v) is 2.16. The van der Waals surface area contributed by atoms with Crippen molar-refractivity contribution in [1.82, 2.24) is 9.97 Å². The van der Waals surface area contributed by atoms with E-state index in [0.29, 0.717) is 10.7 Å². The Kier molecular flexibility index (Phi) is 4.40. The molecule has 122 valence electrons. The molecule has 3 nitrogen and oxygen atoms in total. The summed E-state index contributed by atoms with van der Waals surface area (Å²) in [4.78, 5) is 8.05. The molecule has 3 aromatic rings. The SMILES string of the molecule is FC(F)(F)c1cccc(Oc2cc(-c3ccc(Cl)cc3)ncn2)c1. The zero-order chi connectivity index (χ0) is 17.2. The van der Waals surface area contributed by atoms with Crippen LogP contribution < -0.4 is 4.74 Å². The molecule has 1 aromatic heterocycles. The molecule has 0 aliphatic heterocycles. The topological polar surface area (TPSA) is 35.0 Å². The first kappa shape index (κ1) is 16.3. The lowest BCUT2D eigenvalue weighted by Crippen LogP contribution is -2.04. The summed E-state index contributed by atoms with van der Waals surface area (Å²) in [5, 5.41) is 0.591. The monoisotopic (exact) mass is 350 g/mol. The minimum Gasteiger partial charge on any atom is -0.439 e. The molecule has 0 saturated heterocycles. The van der Waals surface area contributed by atoms with Crippen LogP contribution in [0.3, 0.4) is 0 Å². The lowest BCUT2D eigenvalue weighted by atomic mass is 10.1. The van der Waals surface area contributed by atoms with Gasteiger partial charge in [0.2, 0.25) is 5.88 Å². The first-order chi connectivity index (χ1) is 11.4. The largest absolute Gasteiger partial charge is 0.439 e. The Morgan fingerprint density at radius 1 is 0.917 bits per heavy atom. The van der Waals surface area contributed by atoms with Gasteiger partial charge < -0.3 is 4.74 Å². The second-order valence-corrected chi connectivity index (χ2v) is 5.31. The number of aromatic nitrogens is 2. The fraction of sp³-hybridized carbons (Fsp3) is 0.0588. The van der Waals surface area contributed by atoms with E-state index in [-0.39, 0.29) is 11.6 Å². The summed E-state index contributed by atoms with van der Waals surface area (Å²) >= 11 is 5.84. The average Bonchev–Trinajstić information content (AvgIpc) is 2.55. The Bertz CT molecular complexity index is 851. The molecule has 0 atom stereocenters. The van der Waals surface area contributed by atoms with E-state index >= 15 is 0 Å². The van der Waals surface area contributed by atoms with Crippen molar-refractivity contribution >= 4 is 11.6 Å². The van der Waals surface area contributed by atoms with Gasteiger partial charge in [0.1, 0.15) is 12.1 Å². The van der Waals surface area contributed by atoms with Gasteiger partial charge in [-0.15, -0.1) is 0 Å². The van der Waals surface area contributed by atoms with Crippen molar-refractivity contribution in [1.29, 1.82) is 0 Å². The molecule has 0 N–H and O–H groups in total. The van der Waals surface area contributed by atoms with Gasteiger partial charge in [0.15, 0.2) is 0 Å². The number of rotatable bonds is 3. The molecular weight excluding hydrogens is 341 g/mol. The van der Waals surface area contributed by atoms with Gasteiger partial charge in [-0.2, -0.15) is 13.2 Å². The third-order valence-corrected chi connectivity index (χ3v) is 3.42. The van der Waals surface area contributed by atoms with Crippen LogP contribution in [0.25, 0.3) is 11.3 Å². The smallest absolute Gasteiger partial charge is 0.416 e. The maximum Gasteiger partial charge on any atom is 0.416 e. The molecule has 0 amide bonds. The van der Waals surface area contributed by atoms with Crippen LogP contribution in [0.15, 0.2) is 60.9 Å². The number of halogens is 4. The zero-order valence-corrected chi connectivity index (χ0v) is 12.8. The molecular formula is C17H10ClF3N2O. The predicted molar refractivity (Wildman–Crippen MR) is 84.0 cm³/mol. The average molecular weight is 351 g/mol. The molecule has 0 spiro atoms. The standard InChI is InChI=1S/C17H10ClF3N2O/c18-13-6-4-11(5-7-13)15-9-16(23-10-22-15)24-14-3-1-2-12(8-14)17(19,20)21/h1-10H. The third-order valence-electron chi connectivity index (χ3n) is 3.17. The highest BCUT2D eigenvalue weighted by Gasteiger charge is 2.30. The number of hydrogen-bond acceptors (Lipinski definition) is 3. The summed E-state index contributed by atoms with van der Waals surface area (Å²) in [6, 6.07) is 13.1. The van der Waals surface area contributed by atoms with Crippen LogP contribution in [0.2, 0.25) is 5.02 Å². The van der Waals surface area contributed by atoms with E-state index in [0.717, 1.165) is 17.7 Å². The van der Waals surface area contributed by atoms with Gasteiger partial charge in [0.05, 0.1) is 11.3 Å². The Balaban J connectivity index is 1.86. The van der Waals surface area contributed by atoms with E-state index in [2.05, 4.69) is 9.97 Å². The van der Waals surface area contributed by atoms with Crippen molar-refractivity contribution in [2.45, 2.75) is 6.18 Å². The van der Waals surface area contributed by atoms with Crippen LogP contribution in [-0.4, -0.2) is 9.97 Å². The van der Waals surface area contributed by atoms with Gasteiger partial charge in [-0.05, 0) is 30.3 Å². The Hall–Kier alpha value is -2.60. The number of hydrogen-bond donors (Lipinski definition) is 0. The summed E-state index contributed by atoms with van der Waals surface area (Å²) in [6.45, 7) is 0. The molecule has 0 aliphatic rings. The van der Waals surface area contributed by atoms with E-state index < -0.39 is 11.7 Å². The number of ether oxygens (including phenoxy) is 1. The van der Waals surface area contributed by atoms with Gasteiger partial charge in [-0.25, -0.2) is 9.97 Å². The van der Waals surface area contributed by atoms with Gasteiger partial charge in [-0.1, -0.05) is 29.8 Å². The van der Waals surface area contributed by atoms with Crippen molar-refractivity contribution in [3.63, 3.8) is 0 Å². The van der Waals surface area contributed by atoms with Gasteiger partial charge in [0.25, 0.3) is 0 Å². The van der Waals surface area contributed by atoms with E-state index in [1.54, 1.807) is 30.3 Å². The molecule has 0 fully saturated rings. The Morgan fingerprint density at radius 3 is 2.38 bits per heavy atom. The van der Waals surface area contributed by atoms with Crippen LogP contribution >= 0.6 is 11.6 Å². The fourth-order valence-electron chi connectivity index (χ4n) is 2.03. The lowest BCUT2D eigenvalue weighted by molar-refractivity contribution is -0.137.